The Morgan fingerprint density at radius 2 is 1.71 bits per heavy atom. The van der Waals surface area contributed by atoms with Crippen molar-refractivity contribution in [1.82, 2.24) is 0 Å². The molecule has 0 radical (unpaired) electrons. The number of rotatable bonds is 3. The lowest BCUT2D eigenvalue weighted by Crippen LogP contribution is -2.26. The van der Waals surface area contributed by atoms with Crippen molar-refractivity contribution in [2.24, 2.45) is 11.8 Å². The fourth-order valence-corrected chi connectivity index (χ4v) is 2.80. The van der Waals surface area contributed by atoms with Crippen LogP contribution in [0.1, 0.15) is 43.7 Å². The lowest BCUT2D eigenvalue weighted by Gasteiger charge is -2.29. The Bertz CT molecular complexity index is 333. The first kappa shape index (κ1) is 12.6. The van der Waals surface area contributed by atoms with E-state index in [2.05, 4.69) is 38.1 Å². The molecule has 0 aromatic heterocycles. The van der Waals surface area contributed by atoms with Crippen LogP contribution in [0.15, 0.2) is 24.3 Å². The highest BCUT2D eigenvalue weighted by atomic mass is 16.3. The second-order valence-corrected chi connectivity index (χ2v) is 5.78. The molecule has 0 heterocycles. The van der Waals surface area contributed by atoms with Gasteiger partial charge in [-0.3, -0.25) is 0 Å². The third-order valence-electron chi connectivity index (χ3n) is 4.17. The minimum absolute atomic E-state index is 0.148. The number of aliphatic hydroxyl groups excluding tert-OH is 1. The third kappa shape index (κ3) is 3.57. The van der Waals surface area contributed by atoms with E-state index < -0.39 is 0 Å². The van der Waals surface area contributed by atoms with Gasteiger partial charge >= 0.3 is 0 Å². The topological polar surface area (TPSA) is 20.2 Å². The first-order valence-electron chi connectivity index (χ1n) is 6.89. The summed E-state index contributed by atoms with van der Waals surface area (Å²) in [4.78, 5) is 0. The Labute approximate surface area is 105 Å². The van der Waals surface area contributed by atoms with Crippen LogP contribution in [0.5, 0.6) is 0 Å². The maximum Gasteiger partial charge on any atom is 0.0608 e. The van der Waals surface area contributed by atoms with E-state index in [1.807, 2.05) is 0 Å². The summed E-state index contributed by atoms with van der Waals surface area (Å²) in [6, 6.07) is 8.55. The van der Waals surface area contributed by atoms with Gasteiger partial charge in [-0.1, -0.05) is 49.6 Å². The van der Waals surface area contributed by atoms with Gasteiger partial charge in [-0.25, -0.2) is 0 Å². The smallest absolute Gasteiger partial charge is 0.0608 e. The minimum atomic E-state index is -0.148. The molecule has 1 unspecified atom stereocenters. The van der Waals surface area contributed by atoms with Gasteiger partial charge in [0.25, 0.3) is 0 Å². The summed E-state index contributed by atoms with van der Waals surface area (Å²) in [5.74, 6) is 1.38. The van der Waals surface area contributed by atoms with Crippen LogP contribution in [0.4, 0.5) is 0 Å². The maximum absolute atomic E-state index is 10.3. The lowest BCUT2D eigenvalue weighted by molar-refractivity contribution is 0.0761. The predicted molar refractivity (Wildman–Crippen MR) is 72.0 cm³/mol. The normalized spacial score (nSPS) is 26.8. The van der Waals surface area contributed by atoms with E-state index >= 15 is 0 Å². The van der Waals surface area contributed by atoms with Crippen LogP contribution < -0.4 is 0 Å². The van der Waals surface area contributed by atoms with E-state index in [4.69, 9.17) is 0 Å². The molecule has 1 N–H and O–H groups in total. The monoisotopic (exact) mass is 232 g/mol. The molecule has 17 heavy (non-hydrogen) atoms. The van der Waals surface area contributed by atoms with E-state index in [-0.39, 0.29) is 6.10 Å². The molecule has 0 bridgehead atoms. The largest absolute Gasteiger partial charge is 0.392 e. The molecule has 1 fully saturated rings. The van der Waals surface area contributed by atoms with E-state index in [1.165, 1.54) is 36.8 Å². The average Bonchev–Trinajstić information content (AvgIpc) is 2.33. The average molecular weight is 232 g/mol. The second-order valence-electron chi connectivity index (χ2n) is 5.78. The molecular formula is C16H24O. The van der Waals surface area contributed by atoms with Gasteiger partial charge in [0, 0.05) is 0 Å². The molecule has 1 aromatic carbocycles. The predicted octanol–water partition coefficient (Wildman–Crippen LogP) is 3.72. The van der Waals surface area contributed by atoms with Gasteiger partial charge in [0.1, 0.15) is 0 Å². The third-order valence-corrected chi connectivity index (χ3v) is 4.17. The van der Waals surface area contributed by atoms with Crippen molar-refractivity contribution in [3.8, 4) is 0 Å². The quantitative estimate of drug-likeness (QED) is 0.842. The van der Waals surface area contributed by atoms with Crippen molar-refractivity contribution in [3.63, 3.8) is 0 Å². The van der Waals surface area contributed by atoms with Crippen molar-refractivity contribution in [2.45, 2.75) is 52.1 Å². The van der Waals surface area contributed by atoms with E-state index in [9.17, 15) is 5.11 Å². The Kier molecular flexibility index (Phi) is 4.22. The maximum atomic E-state index is 10.3. The summed E-state index contributed by atoms with van der Waals surface area (Å²) >= 11 is 0. The van der Waals surface area contributed by atoms with Crippen LogP contribution in [0.25, 0.3) is 0 Å². The highest BCUT2D eigenvalue weighted by Gasteiger charge is 2.24. The molecule has 0 spiro atoms. The van der Waals surface area contributed by atoms with E-state index in [1.54, 1.807) is 0 Å². The zero-order valence-corrected chi connectivity index (χ0v) is 11.0. The number of aryl methyl sites for hydroxylation is 1. The summed E-state index contributed by atoms with van der Waals surface area (Å²) < 4.78 is 0. The number of aliphatic hydroxyl groups is 1. The standard InChI is InChI=1S/C16H24O/c1-12-3-7-14(8-4-12)11-16(17)15-9-5-13(2)6-10-15/h3-4,7-8,13,15-17H,5-6,9-11H2,1-2H3. The van der Waals surface area contributed by atoms with Crippen LogP contribution in [0.2, 0.25) is 0 Å². The Hall–Kier alpha value is -0.820. The molecule has 1 aliphatic rings. The van der Waals surface area contributed by atoms with Crippen molar-refractivity contribution in [1.29, 1.82) is 0 Å². The number of hydrogen-bond donors (Lipinski definition) is 1. The molecule has 1 aromatic rings. The Balaban J connectivity index is 1.88. The molecule has 1 nitrogen and oxygen atoms in total. The lowest BCUT2D eigenvalue weighted by atomic mass is 9.79. The Morgan fingerprint density at radius 1 is 1.12 bits per heavy atom. The van der Waals surface area contributed by atoms with Crippen LogP contribution in [-0.2, 0) is 6.42 Å². The van der Waals surface area contributed by atoms with Crippen LogP contribution >= 0.6 is 0 Å². The summed E-state index contributed by atoms with van der Waals surface area (Å²) in [5, 5.41) is 10.3. The summed E-state index contributed by atoms with van der Waals surface area (Å²) in [5.41, 5.74) is 2.55. The van der Waals surface area contributed by atoms with Gasteiger partial charge in [-0.05, 0) is 43.6 Å². The van der Waals surface area contributed by atoms with Gasteiger partial charge in [-0.2, -0.15) is 0 Å². The van der Waals surface area contributed by atoms with Gasteiger partial charge in [0.2, 0.25) is 0 Å². The minimum Gasteiger partial charge on any atom is -0.392 e. The van der Waals surface area contributed by atoms with Crippen molar-refractivity contribution in [2.75, 3.05) is 0 Å². The van der Waals surface area contributed by atoms with Crippen molar-refractivity contribution < 1.29 is 5.11 Å². The summed E-state index contributed by atoms with van der Waals surface area (Å²) in [7, 11) is 0. The van der Waals surface area contributed by atoms with Crippen LogP contribution in [0.3, 0.4) is 0 Å². The molecule has 0 aliphatic heterocycles. The number of benzene rings is 1. The molecule has 1 heteroatoms. The zero-order chi connectivity index (χ0) is 12.3. The van der Waals surface area contributed by atoms with Crippen LogP contribution in [-0.4, -0.2) is 11.2 Å². The first-order chi connectivity index (χ1) is 8.15. The van der Waals surface area contributed by atoms with E-state index in [0.29, 0.717) is 5.92 Å². The fraction of sp³-hybridized carbons (Fsp3) is 0.625. The molecule has 1 atom stereocenters. The molecule has 94 valence electrons. The molecule has 0 saturated heterocycles. The molecule has 0 amide bonds. The van der Waals surface area contributed by atoms with E-state index in [0.717, 1.165) is 12.3 Å². The van der Waals surface area contributed by atoms with Crippen molar-refractivity contribution in [3.05, 3.63) is 35.4 Å². The van der Waals surface area contributed by atoms with Gasteiger partial charge in [0.05, 0.1) is 6.10 Å². The highest BCUT2D eigenvalue weighted by molar-refractivity contribution is 5.21. The highest BCUT2D eigenvalue weighted by Crippen LogP contribution is 2.31. The van der Waals surface area contributed by atoms with Gasteiger partial charge < -0.3 is 5.11 Å². The summed E-state index contributed by atoms with van der Waals surface area (Å²) in [6.07, 6.45) is 5.65. The molecule has 1 saturated carbocycles. The van der Waals surface area contributed by atoms with Gasteiger partial charge in [-0.15, -0.1) is 0 Å². The van der Waals surface area contributed by atoms with Gasteiger partial charge in [0.15, 0.2) is 0 Å². The van der Waals surface area contributed by atoms with Crippen LogP contribution in [0, 0.1) is 18.8 Å². The molecule has 2 rings (SSSR count). The first-order valence-corrected chi connectivity index (χ1v) is 6.89. The zero-order valence-electron chi connectivity index (χ0n) is 11.0. The summed E-state index contributed by atoms with van der Waals surface area (Å²) in [6.45, 7) is 4.42. The molecule has 1 aliphatic carbocycles. The SMILES string of the molecule is Cc1ccc(CC(O)C2CCC(C)CC2)cc1. The fourth-order valence-electron chi connectivity index (χ4n) is 2.80. The second kappa shape index (κ2) is 5.68. The Morgan fingerprint density at radius 3 is 2.29 bits per heavy atom. The number of hydrogen-bond acceptors (Lipinski definition) is 1. The molecular weight excluding hydrogens is 208 g/mol. The van der Waals surface area contributed by atoms with Crippen molar-refractivity contribution >= 4 is 0 Å².